The molecule has 0 spiro atoms. The van der Waals surface area contributed by atoms with E-state index in [1.807, 2.05) is 0 Å². The lowest BCUT2D eigenvalue weighted by Crippen LogP contribution is -2.07. The van der Waals surface area contributed by atoms with E-state index < -0.39 is 23.5 Å². The Kier molecular flexibility index (Phi) is 9.27. The summed E-state index contributed by atoms with van der Waals surface area (Å²) >= 11 is 0. The minimum absolute atomic E-state index is 0.0618. The predicted molar refractivity (Wildman–Crippen MR) is 108 cm³/mol. The number of carbonyl (C=O) groups is 1. The van der Waals surface area contributed by atoms with Gasteiger partial charge < -0.3 is 4.74 Å². The van der Waals surface area contributed by atoms with Crippen molar-refractivity contribution in [2.45, 2.75) is 64.5 Å². The molecule has 2 aromatic rings. The fraction of sp³-hybridized carbons (Fsp3) is 0.478. The first-order chi connectivity index (χ1) is 14.3. The van der Waals surface area contributed by atoms with Crippen LogP contribution in [0.25, 0.3) is 11.1 Å². The van der Waals surface area contributed by atoms with E-state index in [4.69, 9.17) is 4.74 Å². The predicted octanol–water partition coefficient (Wildman–Crippen LogP) is 7.20. The number of carbonyl (C=O) groups excluding carboxylic acids is 1. The molecule has 7 heteroatoms. The molecule has 0 unspecified atom stereocenters. The zero-order chi connectivity index (χ0) is 22.0. The highest BCUT2D eigenvalue weighted by Crippen LogP contribution is 2.32. The molecule has 0 atom stereocenters. The first kappa shape index (κ1) is 23.8. The summed E-state index contributed by atoms with van der Waals surface area (Å²) in [5, 5.41) is 0. The normalized spacial score (nSPS) is 11.5. The van der Waals surface area contributed by atoms with Crippen LogP contribution in [0, 0.1) is 5.82 Å². The van der Waals surface area contributed by atoms with E-state index >= 15 is 0 Å². The number of nitrogens with zero attached hydrogens (tertiary/aromatic N) is 1. The smallest absolute Gasteiger partial charge is 0.416 e. The van der Waals surface area contributed by atoms with E-state index in [2.05, 4.69) is 11.9 Å². The average molecular weight is 425 g/mol. The number of pyridine rings is 1. The molecular weight excluding hydrogens is 398 g/mol. The van der Waals surface area contributed by atoms with E-state index in [0.29, 0.717) is 6.07 Å². The summed E-state index contributed by atoms with van der Waals surface area (Å²) in [4.78, 5) is 16.1. The molecule has 0 aliphatic heterocycles. The van der Waals surface area contributed by atoms with Crippen molar-refractivity contribution in [3.05, 3.63) is 53.6 Å². The zero-order valence-corrected chi connectivity index (χ0v) is 17.1. The molecular formula is C23H27F4NO2. The number of hydrogen-bond donors (Lipinski definition) is 0. The Labute approximate surface area is 174 Å². The van der Waals surface area contributed by atoms with Gasteiger partial charge in [0.15, 0.2) is 0 Å². The van der Waals surface area contributed by atoms with Gasteiger partial charge in [0, 0.05) is 23.5 Å². The van der Waals surface area contributed by atoms with Crippen molar-refractivity contribution in [3.8, 4) is 11.1 Å². The number of esters is 1. The van der Waals surface area contributed by atoms with Crippen molar-refractivity contribution < 1.29 is 27.1 Å². The summed E-state index contributed by atoms with van der Waals surface area (Å²) in [5.74, 6) is -1.62. The largest absolute Gasteiger partial charge is 0.462 e. The highest BCUT2D eigenvalue weighted by Gasteiger charge is 2.31. The van der Waals surface area contributed by atoms with E-state index in [0.717, 1.165) is 31.4 Å². The van der Waals surface area contributed by atoms with Crippen LogP contribution in [0.3, 0.4) is 0 Å². The van der Waals surface area contributed by atoms with Gasteiger partial charge in [-0.2, -0.15) is 13.2 Å². The molecule has 3 nitrogen and oxygen atoms in total. The molecule has 164 valence electrons. The second-order valence-corrected chi connectivity index (χ2v) is 7.27. The lowest BCUT2D eigenvalue weighted by Gasteiger charge is -2.10. The van der Waals surface area contributed by atoms with Gasteiger partial charge in [-0.25, -0.2) is 9.18 Å². The molecule has 0 amide bonds. The van der Waals surface area contributed by atoms with Crippen LogP contribution in [0.15, 0.2) is 36.7 Å². The van der Waals surface area contributed by atoms with Gasteiger partial charge in [0.05, 0.1) is 17.7 Å². The van der Waals surface area contributed by atoms with Gasteiger partial charge in [-0.1, -0.05) is 57.9 Å². The van der Waals surface area contributed by atoms with E-state index in [9.17, 15) is 22.4 Å². The highest BCUT2D eigenvalue weighted by atomic mass is 19.4. The zero-order valence-electron chi connectivity index (χ0n) is 17.1. The molecule has 0 radical (unpaired) electrons. The van der Waals surface area contributed by atoms with Gasteiger partial charge in [-0.05, 0) is 24.6 Å². The van der Waals surface area contributed by atoms with Crippen molar-refractivity contribution in [3.63, 3.8) is 0 Å². The first-order valence-electron chi connectivity index (χ1n) is 10.3. The van der Waals surface area contributed by atoms with Crippen LogP contribution in [0.1, 0.15) is 74.2 Å². The van der Waals surface area contributed by atoms with Crippen LogP contribution in [0.5, 0.6) is 0 Å². The number of hydrogen-bond acceptors (Lipinski definition) is 3. The van der Waals surface area contributed by atoms with Gasteiger partial charge in [0.2, 0.25) is 0 Å². The first-order valence-corrected chi connectivity index (χ1v) is 10.3. The van der Waals surface area contributed by atoms with Crippen molar-refractivity contribution in [2.75, 3.05) is 6.61 Å². The van der Waals surface area contributed by atoms with Gasteiger partial charge >= 0.3 is 12.1 Å². The molecule has 0 saturated heterocycles. The van der Waals surface area contributed by atoms with Crippen LogP contribution < -0.4 is 0 Å². The third-order valence-electron chi connectivity index (χ3n) is 4.81. The van der Waals surface area contributed by atoms with Crippen LogP contribution in [0.4, 0.5) is 17.6 Å². The maximum absolute atomic E-state index is 14.2. The van der Waals surface area contributed by atoms with Crippen molar-refractivity contribution in [1.82, 2.24) is 4.98 Å². The Bertz CT molecular complexity index is 821. The van der Waals surface area contributed by atoms with E-state index in [1.54, 1.807) is 0 Å². The summed E-state index contributed by atoms with van der Waals surface area (Å²) < 4.78 is 57.5. The van der Waals surface area contributed by atoms with E-state index in [-0.39, 0.29) is 23.3 Å². The maximum Gasteiger partial charge on any atom is 0.416 e. The molecule has 1 aromatic carbocycles. The van der Waals surface area contributed by atoms with E-state index in [1.165, 1.54) is 50.6 Å². The molecule has 0 N–H and O–H groups in total. The summed E-state index contributed by atoms with van der Waals surface area (Å²) in [6, 6.07) is 3.63. The van der Waals surface area contributed by atoms with Crippen LogP contribution in [-0.4, -0.2) is 17.6 Å². The average Bonchev–Trinajstić information content (AvgIpc) is 2.71. The third-order valence-corrected chi connectivity index (χ3v) is 4.81. The van der Waals surface area contributed by atoms with Gasteiger partial charge in [0.1, 0.15) is 5.82 Å². The molecule has 1 heterocycles. The number of halogens is 4. The van der Waals surface area contributed by atoms with Gasteiger partial charge in [-0.15, -0.1) is 0 Å². The number of aromatic nitrogens is 1. The monoisotopic (exact) mass is 425 g/mol. The SMILES string of the molecule is CCCCCCCCCCOC(=O)c1cncc(-c2ccc(C(F)(F)F)cc2F)c1. The lowest BCUT2D eigenvalue weighted by molar-refractivity contribution is -0.137. The van der Waals surface area contributed by atoms with Crippen LogP contribution >= 0.6 is 0 Å². The number of unbranched alkanes of at least 4 members (excludes halogenated alkanes) is 7. The molecule has 0 aliphatic carbocycles. The number of alkyl halides is 3. The Hall–Kier alpha value is -2.44. The third kappa shape index (κ3) is 7.43. The Morgan fingerprint density at radius 1 is 0.967 bits per heavy atom. The Morgan fingerprint density at radius 3 is 2.27 bits per heavy atom. The fourth-order valence-corrected chi connectivity index (χ4v) is 3.11. The molecule has 1 aromatic heterocycles. The van der Waals surface area contributed by atoms with Gasteiger partial charge in [0.25, 0.3) is 0 Å². The summed E-state index contributed by atoms with van der Waals surface area (Å²) in [7, 11) is 0. The standard InChI is InChI=1S/C23H27F4NO2/c1-2-3-4-5-6-7-8-9-12-30-22(29)18-13-17(15-28-16-18)20-11-10-19(14-21(20)24)23(25,26)27/h10-11,13-16H,2-9,12H2,1H3. The highest BCUT2D eigenvalue weighted by molar-refractivity contribution is 5.90. The second kappa shape index (κ2) is 11.7. The lowest BCUT2D eigenvalue weighted by atomic mass is 10.0. The number of ether oxygens (including phenoxy) is 1. The van der Waals surface area contributed by atoms with Crippen LogP contribution in [0.2, 0.25) is 0 Å². The summed E-state index contributed by atoms with van der Waals surface area (Å²) in [5.41, 5.74) is -0.792. The topological polar surface area (TPSA) is 39.2 Å². The number of rotatable bonds is 11. The molecule has 30 heavy (non-hydrogen) atoms. The Morgan fingerprint density at radius 2 is 1.63 bits per heavy atom. The second-order valence-electron chi connectivity index (χ2n) is 7.27. The molecule has 2 rings (SSSR count). The summed E-state index contributed by atoms with van der Waals surface area (Å²) in [6.07, 6.45) is 6.96. The molecule has 0 saturated carbocycles. The molecule has 0 fully saturated rings. The van der Waals surface area contributed by atoms with Crippen molar-refractivity contribution in [1.29, 1.82) is 0 Å². The minimum Gasteiger partial charge on any atom is -0.462 e. The van der Waals surface area contributed by atoms with Crippen LogP contribution in [-0.2, 0) is 10.9 Å². The molecule has 0 aliphatic rings. The fourth-order valence-electron chi connectivity index (χ4n) is 3.11. The van der Waals surface area contributed by atoms with Gasteiger partial charge in [-0.3, -0.25) is 4.98 Å². The summed E-state index contributed by atoms with van der Waals surface area (Å²) in [6.45, 7) is 2.46. The van der Waals surface area contributed by atoms with Crippen molar-refractivity contribution in [2.24, 2.45) is 0 Å². The van der Waals surface area contributed by atoms with Crippen molar-refractivity contribution >= 4 is 5.97 Å². The maximum atomic E-state index is 14.2. The number of benzene rings is 1. The molecule has 0 bridgehead atoms. The Balaban J connectivity index is 1.87. The minimum atomic E-state index is -4.63. The quantitative estimate of drug-likeness (QED) is 0.217.